The van der Waals surface area contributed by atoms with E-state index < -0.39 is 21.1 Å². The second-order valence-electron chi connectivity index (χ2n) is 8.17. The summed E-state index contributed by atoms with van der Waals surface area (Å²) in [4.78, 5) is 0. The molecule has 25 heavy (non-hydrogen) atoms. The van der Waals surface area contributed by atoms with Crippen molar-refractivity contribution in [1.82, 2.24) is 0 Å². The molecule has 0 aliphatic heterocycles. The monoisotopic (exact) mass is 418 g/mol. The second kappa shape index (κ2) is 8.29. The van der Waals surface area contributed by atoms with Gasteiger partial charge in [-0.15, -0.1) is 0 Å². The summed E-state index contributed by atoms with van der Waals surface area (Å²) in [5, 5.41) is 0. The van der Waals surface area contributed by atoms with Gasteiger partial charge in [-0.2, -0.15) is 0 Å². The van der Waals surface area contributed by atoms with Gasteiger partial charge in [-0.1, -0.05) is 0 Å². The van der Waals surface area contributed by atoms with Gasteiger partial charge < -0.3 is 0 Å². The predicted molar refractivity (Wildman–Crippen MR) is 103 cm³/mol. The Morgan fingerprint density at radius 3 is 1.24 bits per heavy atom. The third kappa shape index (κ3) is 5.12. The first kappa shape index (κ1) is 20.6. The van der Waals surface area contributed by atoms with Crippen LogP contribution in [-0.2, 0) is 37.6 Å². The Bertz CT molecular complexity index is 591. The van der Waals surface area contributed by atoms with Crippen LogP contribution < -0.4 is 0 Å². The van der Waals surface area contributed by atoms with Crippen molar-refractivity contribution < 1.29 is 26.8 Å². The quantitative estimate of drug-likeness (QED) is 0.518. The maximum atomic E-state index is 6.19. The van der Waals surface area contributed by atoms with E-state index in [2.05, 4.69) is 88.4 Å². The van der Waals surface area contributed by atoms with Gasteiger partial charge >= 0.3 is 160 Å². The van der Waals surface area contributed by atoms with Gasteiger partial charge in [0, 0.05) is 0 Å². The van der Waals surface area contributed by atoms with Crippen LogP contribution in [0.4, 0.5) is 0 Å². The minimum atomic E-state index is -3.27. The third-order valence-electron chi connectivity index (χ3n) is 5.28. The van der Waals surface area contributed by atoms with Crippen molar-refractivity contribution >= 4 is 0 Å². The Balaban J connectivity index is 2.29. The summed E-state index contributed by atoms with van der Waals surface area (Å²) < 4.78 is 14.4. The van der Waals surface area contributed by atoms with E-state index in [1.54, 1.807) is 0 Å². The van der Waals surface area contributed by atoms with Crippen molar-refractivity contribution in [3.05, 3.63) is 71.8 Å². The molecule has 0 spiro atoms. The summed E-state index contributed by atoms with van der Waals surface area (Å²) >= 11 is -3.27. The fourth-order valence-electron chi connectivity index (χ4n) is 3.76. The van der Waals surface area contributed by atoms with E-state index in [0.29, 0.717) is 0 Å². The van der Waals surface area contributed by atoms with Gasteiger partial charge in [-0.05, 0) is 0 Å². The molecular formula is C22H32O2Zr. The van der Waals surface area contributed by atoms with Crippen LogP contribution in [0.3, 0.4) is 0 Å². The number of hydrogen-bond acceptors (Lipinski definition) is 2. The molecule has 0 atom stereocenters. The van der Waals surface area contributed by atoms with Gasteiger partial charge in [-0.25, -0.2) is 0 Å². The summed E-state index contributed by atoms with van der Waals surface area (Å²) in [6.45, 7) is 9.23. The molecule has 2 rings (SSSR count). The number of rotatable bonds is 8. The summed E-state index contributed by atoms with van der Waals surface area (Å²) in [5.41, 5.74) is 2.78. The SMILES string of the molecule is C[O][Zr]([CH2]C(C)(C)c1ccccc1)([CH2]C(C)(C)c1ccccc1)[O]C. The molecule has 2 aromatic carbocycles. The van der Waals surface area contributed by atoms with Crippen LogP contribution in [0.15, 0.2) is 60.7 Å². The van der Waals surface area contributed by atoms with Gasteiger partial charge in [0.15, 0.2) is 0 Å². The predicted octanol–water partition coefficient (Wildman–Crippen LogP) is 6.06. The summed E-state index contributed by atoms with van der Waals surface area (Å²) in [6, 6.07) is 21.4. The fourth-order valence-corrected chi connectivity index (χ4v) is 13.5. The summed E-state index contributed by atoms with van der Waals surface area (Å²) in [6.07, 6.45) is 0. The van der Waals surface area contributed by atoms with Crippen molar-refractivity contribution in [1.29, 1.82) is 0 Å². The molecule has 0 aliphatic carbocycles. The van der Waals surface area contributed by atoms with Crippen LogP contribution in [-0.4, -0.2) is 14.2 Å². The minimum absolute atomic E-state index is 0.0378. The van der Waals surface area contributed by atoms with Crippen molar-refractivity contribution in [3.63, 3.8) is 0 Å². The Morgan fingerprint density at radius 2 is 0.960 bits per heavy atom. The summed E-state index contributed by atoms with van der Waals surface area (Å²) in [5.74, 6) is 0. The van der Waals surface area contributed by atoms with E-state index in [9.17, 15) is 0 Å². The van der Waals surface area contributed by atoms with Gasteiger partial charge in [0.1, 0.15) is 0 Å². The van der Waals surface area contributed by atoms with Crippen molar-refractivity contribution in [2.45, 2.75) is 46.8 Å². The number of benzene rings is 2. The first-order valence-corrected chi connectivity index (χ1v) is 14.4. The standard InChI is InChI=1S/2C10H13.2CH3O.Zr/c2*1-10(2,3)9-7-5-4-6-8-9;2*1-2;/h2*4-8H,1H2,2-3H3;2*1H3;/q;;2*-1;+2. The molecule has 0 N–H and O–H groups in total. The fraction of sp³-hybridized carbons (Fsp3) is 0.455. The molecule has 0 saturated heterocycles. The van der Waals surface area contributed by atoms with Gasteiger partial charge in [0.25, 0.3) is 0 Å². The van der Waals surface area contributed by atoms with Crippen LogP contribution in [0.25, 0.3) is 0 Å². The molecule has 0 radical (unpaired) electrons. The number of hydrogen-bond donors (Lipinski definition) is 0. The first-order chi connectivity index (χ1) is 11.7. The molecule has 2 aromatic rings. The average Bonchev–Trinajstić information content (AvgIpc) is 2.62. The van der Waals surface area contributed by atoms with Crippen LogP contribution in [0, 0.1) is 0 Å². The topological polar surface area (TPSA) is 18.5 Å². The summed E-state index contributed by atoms with van der Waals surface area (Å²) in [7, 11) is 3.70. The van der Waals surface area contributed by atoms with Crippen LogP contribution in [0.2, 0.25) is 8.26 Å². The Labute approximate surface area is 159 Å². The van der Waals surface area contributed by atoms with Gasteiger partial charge in [0.05, 0.1) is 0 Å². The molecule has 2 nitrogen and oxygen atoms in total. The zero-order chi connectivity index (χ0) is 18.6. The Hall–Kier alpha value is -0.757. The van der Waals surface area contributed by atoms with E-state index in [1.807, 2.05) is 14.2 Å². The van der Waals surface area contributed by atoms with Crippen molar-refractivity contribution in [2.24, 2.45) is 0 Å². The van der Waals surface area contributed by atoms with E-state index >= 15 is 0 Å². The van der Waals surface area contributed by atoms with Gasteiger partial charge in [0.2, 0.25) is 0 Å². The zero-order valence-corrected chi connectivity index (χ0v) is 19.0. The van der Waals surface area contributed by atoms with Crippen molar-refractivity contribution in [3.8, 4) is 0 Å². The zero-order valence-electron chi connectivity index (χ0n) is 16.5. The molecule has 3 heteroatoms. The van der Waals surface area contributed by atoms with Gasteiger partial charge in [-0.3, -0.25) is 0 Å². The van der Waals surface area contributed by atoms with E-state index in [-0.39, 0.29) is 10.8 Å². The van der Waals surface area contributed by atoms with E-state index in [1.165, 1.54) is 11.1 Å². The molecule has 0 unspecified atom stereocenters. The molecular weight excluding hydrogens is 387 g/mol. The molecule has 0 aromatic heterocycles. The van der Waals surface area contributed by atoms with Crippen LogP contribution >= 0.6 is 0 Å². The molecule has 0 heterocycles. The van der Waals surface area contributed by atoms with Crippen LogP contribution in [0.5, 0.6) is 0 Å². The first-order valence-electron chi connectivity index (χ1n) is 8.96. The Kier molecular flexibility index (Phi) is 6.82. The normalized spacial score (nSPS) is 13.0. The molecule has 0 saturated carbocycles. The molecule has 0 aliphatic rings. The molecule has 0 fully saturated rings. The van der Waals surface area contributed by atoms with Crippen LogP contribution in [0.1, 0.15) is 38.8 Å². The van der Waals surface area contributed by atoms with Crippen molar-refractivity contribution in [2.75, 3.05) is 14.2 Å². The van der Waals surface area contributed by atoms with E-state index in [0.717, 1.165) is 8.26 Å². The molecule has 0 amide bonds. The molecule has 136 valence electrons. The van der Waals surface area contributed by atoms with E-state index in [4.69, 9.17) is 5.63 Å². The molecule has 0 bridgehead atoms. The second-order valence-corrected chi connectivity index (χ2v) is 16.4. The third-order valence-corrected chi connectivity index (χ3v) is 15.9. The maximum absolute atomic E-state index is 6.19. The Morgan fingerprint density at radius 1 is 0.640 bits per heavy atom. The average molecular weight is 420 g/mol.